The molecule has 0 N–H and O–H groups in total. The highest BCUT2D eigenvalue weighted by Crippen LogP contribution is 2.21. The van der Waals surface area contributed by atoms with Crippen molar-refractivity contribution >= 4 is 11.6 Å². The highest BCUT2D eigenvalue weighted by molar-refractivity contribution is 6.30. The molecule has 0 aliphatic rings. The summed E-state index contributed by atoms with van der Waals surface area (Å²) in [5, 5.41) is 0.736. The van der Waals surface area contributed by atoms with Crippen LogP contribution in [0.3, 0.4) is 0 Å². The van der Waals surface area contributed by atoms with Crippen molar-refractivity contribution in [3.05, 3.63) is 83.4 Å². The molecule has 2 heteroatoms. The molecule has 0 bridgehead atoms. The number of benzene rings is 2. The largest absolute Gasteiger partial charge is 0.286 e. The van der Waals surface area contributed by atoms with E-state index in [-0.39, 0.29) is 6.04 Å². The second-order valence-corrected chi connectivity index (χ2v) is 5.25. The Morgan fingerprint density at radius 1 is 1.14 bits per heavy atom. The van der Waals surface area contributed by atoms with E-state index in [4.69, 9.17) is 11.6 Å². The molecule has 2 aromatic rings. The average molecular weight is 296 g/mol. The van der Waals surface area contributed by atoms with Gasteiger partial charge in [-0.15, -0.1) is 6.58 Å². The van der Waals surface area contributed by atoms with E-state index in [0.717, 1.165) is 22.7 Å². The van der Waals surface area contributed by atoms with E-state index in [1.165, 1.54) is 0 Å². The van der Waals surface area contributed by atoms with Crippen LogP contribution >= 0.6 is 11.6 Å². The Kier molecular flexibility index (Phi) is 5.63. The maximum atomic E-state index is 5.96. The fourth-order valence-corrected chi connectivity index (χ4v) is 2.20. The second kappa shape index (κ2) is 7.69. The third-order valence-electron chi connectivity index (χ3n) is 3.17. The number of likely N-dealkylation sites (N-methyl/N-ethyl adjacent to an activating group) is 1. The number of hydrogen-bond donors (Lipinski definition) is 0. The summed E-state index contributed by atoms with van der Waals surface area (Å²) >= 11 is 5.96. The van der Waals surface area contributed by atoms with E-state index in [1.54, 1.807) is 0 Å². The summed E-state index contributed by atoms with van der Waals surface area (Å²) in [4.78, 5) is 2.16. The third-order valence-corrected chi connectivity index (χ3v) is 3.42. The van der Waals surface area contributed by atoms with Crippen LogP contribution < -0.4 is 0 Å². The van der Waals surface area contributed by atoms with Crippen LogP contribution in [0.4, 0.5) is 0 Å². The summed E-state index contributed by atoms with van der Waals surface area (Å²) in [6.07, 6.45) is 1.88. The molecule has 2 aromatic carbocycles. The summed E-state index contributed by atoms with van der Waals surface area (Å²) in [5.74, 6) is 6.58. The van der Waals surface area contributed by atoms with Gasteiger partial charge in [0.1, 0.15) is 0 Å². The quantitative estimate of drug-likeness (QED) is 0.591. The summed E-state index contributed by atoms with van der Waals surface area (Å²) in [5.41, 5.74) is 2.15. The molecule has 1 nitrogen and oxygen atoms in total. The molecule has 0 heterocycles. The summed E-state index contributed by atoms with van der Waals surface area (Å²) in [6.45, 7) is 4.57. The molecule has 1 atom stereocenters. The Balaban J connectivity index is 2.30. The normalized spacial score (nSPS) is 11.6. The Labute approximate surface area is 131 Å². The standard InChI is InChI=1S/C19H18ClN/c1-3-15-21(2)19(17-10-12-18(20)13-11-17)14-9-16-7-5-4-6-8-16/h3-8,10-13,19H,1,15H2,2H3. The summed E-state index contributed by atoms with van der Waals surface area (Å²) in [7, 11) is 2.04. The lowest BCUT2D eigenvalue weighted by Crippen LogP contribution is -2.23. The molecular formula is C19H18ClN. The molecule has 0 aromatic heterocycles. The topological polar surface area (TPSA) is 3.24 Å². The molecule has 0 aliphatic carbocycles. The average Bonchev–Trinajstić information content (AvgIpc) is 2.50. The van der Waals surface area contributed by atoms with Gasteiger partial charge >= 0.3 is 0 Å². The Morgan fingerprint density at radius 3 is 2.43 bits per heavy atom. The van der Waals surface area contributed by atoms with E-state index in [9.17, 15) is 0 Å². The van der Waals surface area contributed by atoms with Crippen molar-refractivity contribution in [2.45, 2.75) is 6.04 Å². The first-order valence-corrected chi connectivity index (χ1v) is 7.21. The van der Waals surface area contributed by atoms with Gasteiger partial charge < -0.3 is 0 Å². The molecule has 0 fully saturated rings. The predicted molar refractivity (Wildman–Crippen MR) is 90.3 cm³/mol. The number of nitrogens with zero attached hydrogens (tertiary/aromatic N) is 1. The second-order valence-electron chi connectivity index (χ2n) is 4.82. The fourth-order valence-electron chi connectivity index (χ4n) is 2.08. The first-order chi connectivity index (χ1) is 10.2. The van der Waals surface area contributed by atoms with E-state index in [2.05, 4.69) is 23.3 Å². The first-order valence-electron chi connectivity index (χ1n) is 6.84. The van der Waals surface area contributed by atoms with Crippen molar-refractivity contribution in [3.63, 3.8) is 0 Å². The van der Waals surface area contributed by atoms with Crippen molar-refractivity contribution in [3.8, 4) is 11.8 Å². The van der Waals surface area contributed by atoms with Crippen LogP contribution in [0.15, 0.2) is 67.3 Å². The number of halogens is 1. The lowest BCUT2D eigenvalue weighted by atomic mass is 10.1. The molecule has 21 heavy (non-hydrogen) atoms. The maximum absolute atomic E-state index is 5.96. The highest BCUT2D eigenvalue weighted by Gasteiger charge is 2.13. The van der Waals surface area contributed by atoms with Crippen molar-refractivity contribution in [1.29, 1.82) is 0 Å². The lowest BCUT2D eigenvalue weighted by Gasteiger charge is -2.22. The van der Waals surface area contributed by atoms with Gasteiger partial charge in [0.2, 0.25) is 0 Å². The van der Waals surface area contributed by atoms with Gasteiger partial charge in [0.15, 0.2) is 0 Å². The molecular weight excluding hydrogens is 278 g/mol. The minimum atomic E-state index is 0.0143. The Morgan fingerprint density at radius 2 is 1.81 bits per heavy atom. The SMILES string of the molecule is C=CCN(C)C(C#Cc1ccccc1)c1ccc(Cl)cc1. The monoisotopic (exact) mass is 295 g/mol. The van der Waals surface area contributed by atoms with Crippen LogP contribution in [0.1, 0.15) is 17.2 Å². The van der Waals surface area contributed by atoms with Crippen LogP contribution in [0.2, 0.25) is 5.02 Å². The molecule has 0 radical (unpaired) electrons. The Hall–Kier alpha value is -2.01. The van der Waals surface area contributed by atoms with Crippen molar-refractivity contribution in [2.24, 2.45) is 0 Å². The van der Waals surface area contributed by atoms with Crippen LogP contribution in [0.25, 0.3) is 0 Å². The minimum Gasteiger partial charge on any atom is -0.286 e. The van der Waals surface area contributed by atoms with Gasteiger partial charge in [0.25, 0.3) is 0 Å². The van der Waals surface area contributed by atoms with Crippen LogP contribution in [0, 0.1) is 11.8 Å². The molecule has 1 unspecified atom stereocenters. The third kappa shape index (κ3) is 4.49. The molecule has 2 rings (SSSR count). The zero-order valence-electron chi connectivity index (χ0n) is 12.1. The van der Waals surface area contributed by atoms with E-state index >= 15 is 0 Å². The minimum absolute atomic E-state index is 0.0143. The molecule has 0 saturated carbocycles. The van der Waals surface area contributed by atoms with Crippen molar-refractivity contribution in [2.75, 3.05) is 13.6 Å². The van der Waals surface area contributed by atoms with Gasteiger partial charge in [-0.1, -0.05) is 59.8 Å². The van der Waals surface area contributed by atoms with E-state index < -0.39 is 0 Å². The number of rotatable bonds is 4. The van der Waals surface area contributed by atoms with Crippen LogP contribution in [0.5, 0.6) is 0 Å². The highest BCUT2D eigenvalue weighted by atomic mass is 35.5. The van der Waals surface area contributed by atoms with E-state index in [1.807, 2.05) is 67.7 Å². The van der Waals surface area contributed by atoms with Gasteiger partial charge in [0, 0.05) is 17.1 Å². The molecule has 106 valence electrons. The van der Waals surface area contributed by atoms with Gasteiger partial charge in [0.05, 0.1) is 6.04 Å². The zero-order valence-corrected chi connectivity index (χ0v) is 12.8. The Bertz CT molecular complexity index is 635. The van der Waals surface area contributed by atoms with Crippen LogP contribution in [-0.4, -0.2) is 18.5 Å². The molecule has 0 amide bonds. The maximum Gasteiger partial charge on any atom is 0.0974 e. The molecule has 0 spiro atoms. The van der Waals surface area contributed by atoms with Gasteiger partial charge in [-0.2, -0.15) is 0 Å². The summed E-state index contributed by atoms with van der Waals surface area (Å²) < 4.78 is 0. The molecule has 0 aliphatic heterocycles. The lowest BCUT2D eigenvalue weighted by molar-refractivity contribution is 0.326. The fraction of sp³-hybridized carbons (Fsp3) is 0.158. The smallest absolute Gasteiger partial charge is 0.0974 e. The first kappa shape index (κ1) is 15.4. The van der Waals surface area contributed by atoms with Crippen LogP contribution in [-0.2, 0) is 0 Å². The zero-order chi connectivity index (χ0) is 15.1. The predicted octanol–water partition coefficient (Wildman–Crippen LogP) is 4.55. The van der Waals surface area contributed by atoms with Crippen molar-refractivity contribution < 1.29 is 0 Å². The summed E-state index contributed by atoms with van der Waals surface area (Å²) in [6, 6.07) is 17.9. The van der Waals surface area contributed by atoms with E-state index in [0.29, 0.717) is 0 Å². The van der Waals surface area contributed by atoms with Gasteiger partial charge in [-0.05, 0) is 36.9 Å². The van der Waals surface area contributed by atoms with Gasteiger partial charge in [-0.25, -0.2) is 0 Å². The van der Waals surface area contributed by atoms with Gasteiger partial charge in [-0.3, -0.25) is 4.90 Å². The van der Waals surface area contributed by atoms with Crippen molar-refractivity contribution in [1.82, 2.24) is 4.90 Å². The number of hydrogen-bond acceptors (Lipinski definition) is 1. The molecule has 0 saturated heterocycles.